The first-order valence-electron chi connectivity index (χ1n) is 10.5. The van der Waals surface area contributed by atoms with Crippen LogP contribution in [0.5, 0.6) is 17.2 Å². The van der Waals surface area contributed by atoms with Crippen molar-refractivity contribution in [1.82, 2.24) is 5.32 Å². The van der Waals surface area contributed by atoms with Crippen LogP contribution in [-0.4, -0.2) is 40.3 Å². The summed E-state index contributed by atoms with van der Waals surface area (Å²) < 4.78 is 37.1. The fourth-order valence-corrected chi connectivity index (χ4v) is 4.06. The molecule has 1 N–H and O–H groups in total. The van der Waals surface area contributed by atoms with Gasteiger partial charge >= 0.3 is 0 Å². The van der Waals surface area contributed by atoms with Gasteiger partial charge in [-0.15, -0.1) is 0 Å². The molecule has 33 heavy (non-hydrogen) atoms. The summed E-state index contributed by atoms with van der Waals surface area (Å²) in [6.45, 7) is 4.17. The number of ether oxygens (including phenoxy) is 2. The van der Waals surface area contributed by atoms with Gasteiger partial charge in [-0.05, 0) is 61.9 Å². The second-order valence-electron chi connectivity index (χ2n) is 7.65. The molecule has 0 saturated carbocycles. The molecule has 1 amide bonds. The van der Waals surface area contributed by atoms with Crippen LogP contribution in [0.1, 0.15) is 11.1 Å². The Kier molecular flexibility index (Phi) is 7.95. The van der Waals surface area contributed by atoms with Crippen molar-refractivity contribution in [3.8, 4) is 17.2 Å². The highest BCUT2D eigenvalue weighted by Gasteiger charge is 2.20. The topological polar surface area (TPSA) is 84.9 Å². The van der Waals surface area contributed by atoms with E-state index >= 15 is 0 Å². The number of para-hydroxylation sites is 1. The molecule has 7 nitrogen and oxygen atoms in total. The molecule has 0 spiro atoms. The zero-order valence-corrected chi connectivity index (χ0v) is 19.8. The number of amides is 1. The molecule has 3 rings (SSSR count). The van der Waals surface area contributed by atoms with Gasteiger partial charge in [-0.3, -0.25) is 9.10 Å². The van der Waals surface area contributed by atoms with Crippen LogP contribution >= 0.6 is 0 Å². The number of carbonyl (C=O) groups excluding carboxylic acids is 1. The molecule has 174 valence electrons. The minimum atomic E-state index is -3.67. The van der Waals surface area contributed by atoms with Crippen LogP contribution in [0, 0.1) is 13.8 Å². The lowest BCUT2D eigenvalue weighted by molar-refractivity contribution is -0.119. The fourth-order valence-electron chi connectivity index (χ4n) is 3.20. The van der Waals surface area contributed by atoms with Gasteiger partial charge < -0.3 is 14.8 Å². The Morgan fingerprint density at radius 3 is 2.24 bits per heavy atom. The third-order valence-corrected chi connectivity index (χ3v) is 5.94. The van der Waals surface area contributed by atoms with Gasteiger partial charge in [0.1, 0.15) is 30.4 Å². The van der Waals surface area contributed by atoms with Crippen LogP contribution in [0.4, 0.5) is 5.69 Å². The average molecular weight is 469 g/mol. The van der Waals surface area contributed by atoms with E-state index in [1.54, 1.807) is 24.3 Å². The molecule has 0 aliphatic carbocycles. The van der Waals surface area contributed by atoms with Gasteiger partial charge in [-0.25, -0.2) is 8.42 Å². The van der Waals surface area contributed by atoms with Crippen molar-refractivity contribution in [3.63, 3.8) is 0 Å². The summed E-state index contributed by atoms with van der Waals surface area (Å²) in [4.78, 5) is 12.4. The molecule has 0 heterocycles. The highest BCUT2D eigenvalue weighted by Crippen LogP contribution is 2.25. The van der Waals surface area contributed by atoms with Crippen molar-refractivity contribution >= 4 is 21.6 Å². The Hall–Kier alpha value is -3.52. The maximum absolute atomic E-state index is 12.4. The average Bonchev–Trinajstić information content (AvgIpc) is 2.77. The lowest BCUT2D eigenvalue weighted by Gasteiger charge is -2.22. The zero-order valence-electron chi connectivity index (χ0n) is 18.9. The Morgan fingerprint density at radius 1 is 0.939 bits per heavy atom. The largest absolute Gasteiger partial charge is 0.491 e. The summed E-state index contributed by atoms with van der Waals surface area (Å²) >= 11 is 0. The van der Waals surface area contributed by atoms with Gasteiger partial charge in [0.15, 0.2) is 0 Å². The van der Waals surface area contributed by atoms with Crippen LogP contribution in [-0.2, 0) is 14.8 Å². The maximum atomic E-state index is 12.4. The SMILES string of the molecule is Cc1ccc(OCCNC(=O)CN(c2ccc(Oc3ccccc3)cc2)S(C)(=O)=O)c(C)c1. The molecule has 0 saturated heterocycles. The van der Waals surface area contributed by atoms with Crippen molar-refractivity contribution < 1.29 is 22.7 Å². The summed E-state index contributed by atoms with van der Waals surface area (Å²) in [6, 6.07) is 21.7. The molecule has 0 aliphatic heterocycles. The Labute approximate surface area is 195 Å². The van der Waals surface area contributed by atoms with E-state index in [9.17, 15) is 13.2 Å². The number of hydrogen-bond donors (Lipinski definition) is 1. The van der Waals surface area contributed by atoms with E-state index in [1.807, 2.05) is 62.4 Å². The van der Waals surface area contributed by atoms with E-state index in [-0.39, 0.29) is 19.7 Å². The second kappa shape index (κ2) is 10.9. The van der Waals surface area contributed by atoms with Crippen LogP contribution < -0.4 is 19.1 Å². The quantitative estimate of drug-likeness (QED) is 0.454. The number of anilines is 1. The first kappa shape index (κ1) is 24.1. The molecule has 0 atom stereocenters. The van der Waals surface area contributed by atoms with Crippen LogP contribution in [0.2, 0.25) is 0 Å². The van der Waals surface area contributed by atoms with E-state index in [0.29, 0.717) is 17.2 Å². The van der Waals surface area contributed by atoms with Gasteiger partial charge in [-0.2, -0.15) is 0 Å². The molecular formula is C25H28N2O5S. The third-order valence-electron chi connectivity index (χ3n) is 4.80. The van der Waals surface area contributed by atoms with Crippen molar-refractivity contribution in [2.75, 3.05) is 30.3 Å². The van der Waals surface area contributed by atoms with Crippen molar-refractivity contribution in [2.45, 2.75) is 13.8 Å². The molecule has 0 unspecified atom stereocenters. The van der Waals surface area contributed by atoms with E-state index in [4.69, 9.17) is 9.47 Å². The standard InChI is InChI=1S/C25H28N2O5S/c1-19-9-14-24(20(2)17-19)31-16-15-26-25(28)18-27(33(3,29)30)21-10-12-23(13-11-21)32-22-7-5-4-6-8-22/h4-14,17H,15-16,18H2,1-3H3,(H,26,28). The molecule has 8 heteroatoms. The lowest BCUT2D eigenvalue weighted by atomic mass is 10.1. The summed E-state index contributed by atoms with van der Waals surface area (Å²) in [5.74, 6) is 1.57. The van der Waals surface area contributed by atoms with E-state index in [0.717, 1.165) is 27.4 Å². The van der Waals surface area contributed by atoms with Crippen LogP contribution in [0.3, 0.4) is 0 Å². The molecule has 0 radical (unpaired) electrons. The number of hydrogen-bond acceptors (Lipinski definition) is 5. The van der Waals surface area contributed by atoms with E-state index in [2.05, 4.69) is 5.32 Å². The Balaban J connectivity index is 1.56. The first-order chi connectivity index (χ1) is 15.7. The van der Waals surface area contributed by atoms with Crippen molar-refractivity contribution in [1.29, 1.82) is 0 Å². The van der Waals surface area contributed by atoms with Gasteiger partial charge in [-0.1, -0.05) is 35.9 Å². The lowest BCUT2D eigenvalue weighted by Crippen LogP contribution is -2.41. The summed E-state index contributed by atoms with van der Waals surface area (Å²) in [6.07, 6.45) is 1.07. The molecule has 0 aliphatic rings. The van der Waals surface area contributed by atoms with Gasteiger partial charge in [0.05, 0.1) is 18.5 Å². The zero-order chi connectivity index (χ0) is 23.8. The first-order valence-corrected chi connectivity index (χ1v) is 12.3. The Bertz CT molecular complexity index is 1180. The number of rotatable bonds is 10. The fraction of sp³-hybridized carbons (Fsp3) is 0.240. The predicted octanol–water partition coefficient (Wildman–Crippen LogP) is 4.06. The molecule has 3 aromatic carbocycles. The highest BCUT2D eigenvalue weighted by molar-refractivity contribution is 7.92. The van der Waals surface area contributed by atoms with Gasteiger partial charge in [0.25, 0.3) is 0 Å². The number of nitrogens with one attached hydrogen (secondary N) is 1. The number of sulfonamides is 1. The number of aryl methyl sites for hydroxylation is 2. The second-order valence-corrected chi connectivity index (χ2v) is 9.55. The monoisotopic (exact) mass is 468 g/mol. The maximum Gasteiger partial charge on any atom is 0.240 e. The van der Waals surface area contributed by atoms with Crippen molar-refractivity contribution in [3.05, 3.63) is 83.9 Å². The molecular weight excluding hydrogens is 440 g/mol. The minimum absolute atomic E-state index is 0.258. The van der Waals surface area contributed by atoms with E-state index in [1.165, 1.54) is 0 Å². The highest BCUT2D eigenvalue weighted by atomic mass is 32.2. The molecule has 0 fully saturated rings. The van der Waals surface area contributed by atoms with Crippen molar-refractivity contribution in [2.24, 2.45) is 0 Å². The molecule has 0 aromatic heterocycles. The van der Waals surface area contributed by atoms with E-state index < -0.39 is 15.9 Å². The number of carbonyl (C=O) groups is 1. The summed E-state index contributed by atoms with van der Waals surface area (Å²) in [5, 5.41) is 2.71. The number of benzene rings is 3. The smallest absolute Gasteiger partial charge is 0.240 e. The summed E-state index contributed by atoms with van der Waals surface area (Å²) in [7, 11) is -3.67. The van der Waals surface area contributed by atoms with Crippen LogP contribution in [0.15, 0.2) is 72.8 Å². The molecule has 0 bridgehead atoms. The van der Waals surface area contributed by atoms with Gasteiger partial charge in [0.2, 0.25) is 15.9 Å². The predicted molar refractivity (Wildman–Crippen MR) is 130 cm³/mol. The molecule has 3 aromatic rings. The minimum Gasteiger partial charge on any atom is -0.491 e. The Morgan fingerprint density at radius 2 is 1.61 bits per heavy atom. The van der Waals surface area contributed by atoms with Gasteiger partial charge in [0, 0.05) is 0 Å². The number of nitrogens with zero attached hydrogens (tertiary/aromatic N) is 1. The normalized spacial score (nSPS) is 11.0. The third kappa shape index (κ3) is 7.25. The summed E-state index contributed by atoms with van der Waals surface area (Å²) in [5.41, 5.74) is 2.54. The van der Waals surface area contributed by atoms with Crippen LogP contribution in [0.25, 0.3) is 0 Å².